The van der Waals surface area contributed by atoms with E-state index in [9.17, 15) is 9.59 Å². The lowest BCUT2D eigenvalue weighted by Crippen LogP contribution is -2.49. The first-order valence-corrected chi connectivity index (χ1v) is 5.95. The van der Waals surface area contributed by atoms with E-state index >= 15 is 0 Å². The molecular weight excluding hydrogens is 250 g/mol. The van der Waals surface area contributed by atoms with Crippen molar-refractivity contribution in [1.82, 2.24) is 15.4 Å². The fourth-order valence-electron chi connectivity index (χ4n) is 2.39. The topological polar surface area (TPSA) is 71.1 Å². The Bertz CT molecular complexity index is 435. The second-order valence-electron chi connectivity index (χ2n) is 4.40. The van der Waals surface area contributed by atoms with Crippen LogP contribution in [0.4, 0.5) is 4.79 Å². The number of nitrogens with one attached hydrogen (secondary N) is 1. The Kier molecular flexibility index (Phi) is 3.87. The van der Waals surface area contributed by atoms with E-state index < -0.39 is 6.04 Å². The van der Waals surface area contributed by atoms with E-state index in [1.54, 1.807) is 6.08 Å². The van der Waals surface area contributed by atoms with Gasteiger partial charge in [0.05, 0.1) is 26.3 Å². The van der Waals surface area contributed by atoms with Crippen LogP contribution in [0.5, 0.6) is 0 Å². The molecule has 0 aromatic heterocycles. The summed E-state index contributed by atoms with van der Waals surface area (Å²) in [7, 11) is 1.36. The zero-order valence-corrected chi connectivity index (χ0v) is 11.0. The van der Waals surface area contributed by atoms with Crippen molar-refractivity contribution < 1.29 is 19.3 Å². The van der Waals surface area contributed by atoms with E-state index in [4.69, 9.17) is 4.84 Å². The van der Waals surface area contributed by atoms with Gasteiger partial charge in [-0.15, -0.1) is 6.58 Å². The van der Waals surface area contributed by atoms with Crippen molar-refractivity contribution in [2.24, 2.45) is 0 Å². The van der Waals surface area contributed by atoms with Crippen LogP contribution in [0.2, 0.25) is 0 Å². The zero-order chi connectivity index (χ0) is 14.0. The van der Waals surface area contributed by atoms with Crippen molar-refractivity contribution in [2.75, 3.05) is 20.3 Å². The summed E-state index contributed by atoms with van der Waals surface area (Å²) < 4.78 is 0. The molecule has 7 nitrogen and oxygen atoms in total. The molecular formula is C12H17N3O4. The van der Waals surface area contributed by atoms with Crippen LogP contribution in [0, 0.1) is 0 Å². The van der Waals surface area contributed by atoms with Crippen molar-refractivity contribution in [3.8, 4) is 0 Å². The average molecular weight is 267 g/mol. The molecule has 2 atom stereocenters. The van der Waals surface area contributed by atoms with Crippen LogP contribution in [-0.2, 0) is 14.5 Å². The first-order valence-electron chi connectivity index (χ1n) is 5.95. The Morgan fingerprint density at radius 2 is 2.42 bits per heavy atom. The summed E-state index contributed by atoms with van der Waals surface area (Å²) >= 11 is 0. The summed E-state index contributed by atoms with van der Waals surface area (Å²) in [5, 5.41) is 1.28. The fraction of sp³-hybridized carbons (Fsp3) is 0.500. The predicted octanol–water partition coefficient (Wildman–Crippen LogP) is 0.216. The van der Waals surface area contributed by atoms with Crippen LogP contribution in [0.1, 0.15) is 6.92 Å². The summed E-state index contributed by atoms with van der Waals surface area (Å²) in [5.41, 5.74) is 3.05. The Hall–Kier alpha value is -1.86. The normalized spacial score (nSPS) is 25.4. The SMILES string of the molecule is C=CCON1C(=O)N2C[C@H]1C=C(C)[C@H]2C(=O)NOC. The van der Waals surface area contributed by atoms with Gasteiger partial charge < -0.3 is 4.90 Å². The first kappa shape index (κ1) is 13.6. The van der Waals surface area contributed by atoms with Gasteiger partial charge in [-0.2, -0.15) is 5.06 Å². The van der Waals surface area contributed by atoms with Crippen molar-refractivity contribution in [3.05, 3.63) is 24.3 Å². The lowest BCUT2D eigenvalue weighted by atomic mass is 10.0. The highest BCUT2D eigenvalue weighted by atomic mass is 16.7. The summed E-state index contributed by atoms with van der Waals surface area (Å²) in [5.74, 6) is -0.367. The smallest absolute Gasteiger partial charge is 0.304 e. The van der Waals surface area contributed by atoms with Crippen LogP contribution < -0.4 is 5.48 Å². The molecule has 104 valence electrons. The number of carbonyl (C=O) groups is 2. The quantitative estimate of drug-likeness (QED) is 0.571. The monoisotopic (exact) mass is 267 g/mol. The predicted molar refractivity (Wildman–Crippen MR) is 66.6 cm³/mol. The van der Waals surface area contributed by atoms with Gasteiger partial charge in [0.2, 0.25) is 0 Å². The van der Waals surface area contributed by atoms with Gasteiger partial charge in [-0.05, 0) is 12.5 Å². The second-order valence-corrected chi connectivity index (χ2v) is 4.40. The molecule has 0 spiro atoms. The highest BCUT2D eigenvalue weighted by Gasteiger charge is 2.47. The third-order valence-corrected chi connectivity index (χ3v) is 3.10. The molecule has 0 unspecified atom stereocenters. The Morgan fingerprint density at radius 3 is 3.05 bits per heavy atom. The summed E-state index contributed by atoms with van der Waals surface area (Å²) in [6.07, 6.45) is 3.43. The van der Waals surface area contributed by atoms with Gasteiger partial charge >= 0.3 is 6.03 Å². The molecule has 2 aliphatic heterocycles. The third-order valence-electron chi connectivity index (χ3n) is 3.10. The molecule has 2 heterocycles. The maximum absolute atomic E-state index is 12.2. The largest absolute Gasteiger partial charge is 0.345 e. The standard InChI is InChI=1S/C12H17N3O4/c1-4-5-19-15-9-6-8(2)10(11(16)13-18-3)14(7-9)12(15)17/h4,6,9-10H,1,5,7H2,2-3H3,(H,13,16)/t9-,10+/m1/s1. The maximum atomic E-state index is 12.2. The first-order chi connectivity index (χ1) is 9.10. The molecule has 0 aliphatic carbocycles. The molecule has 2 rings (SSSR count). The fourth-order valence-corrected chi connectivity index (χ4v) is 2.39. The molecule has 2 bridgehead atoms. The molecule has 0 aromatic carbocycles. The number of urea groups is 1. The Morgan fingerprint density at radius 1 is 1.68 bits per heavy atom. The minimum absolute atomic E-state index is 0.168. The molecule has 3 amide bonds. The molecule has 2 aliphatic rings. The van der Waals surface area contributed by atoms with Gasteiger partial charge in [0.15, 0.2) is 0 Å². The summed E-state index contributed by atoms with van der Waals surface area (Å²) in [6.45, 7) is 6.02. The van der Waals surface area contributed by atoms with Crippen LogP contribution >= 0.6 is 0 Å². The van der Waals surface area contributed by atoms with E-state index in [0.29, 0.717) is 6.54 Å². The molecule has 1 N–H and O–H groups in total. The minimum atomic E-state index is -0.652. The van der Waals surface area contributed by atoms with Crippen LogP contribution in [0.25, 0.3) is 0 Å². The van der Waals surface area contributed by atoms with E-state index in [2.05, 4.69) is 16.9 Å². The number of amides is 3. The van der Waals surface area contributed by atoms with Gasteiger partial charge in [-0.25, -0.2) is 10.3 Å². The lowest BCUT2D eigenvalue weighted by Gasteiger charge is -2.28. The zero-order valence-electron chi connectivity index (χ0n) is 11.0. The molecule has 0 saturated carbocycles. The van der Waals surface area contributed by atoms with Crippen molar-refractivity contribution in [1.29, 1.82) is 0 Å². The van der Waals surface area contributed by atoms with Gasteiger partial charge in [-0.1, -0.05) is 12.2 Å². The molecule has 19 heavy (non-hydrogen) atoms. The van der Waals surface area contributed by atoms with Gasteiger partial charge in [0, 0.05) is 0 Å². The number of hydrogen-bond acceptors (Lipinski definition) is 4. The van der Waals surface area contributed by atoms with E-state index in [0.717, 1.165) is 5.57 Å². The van der Waals surface area contributed by atoms with Crippen LogP contribution in [0.15, 0.2) is 24.3 Å². The molecule has 0 radical (unpaired) electrons. The molecule has 0 aromatic rings. The number of hydrogen-bond donors (Lipinski definition) is 1. The molecule has 1 fully saturated rings. The van der Waals surface area contributed by atoms with E-state index in [1.807, 2.05) is 13.0 Å². The third kappa shape index (κ3) is 2.34. The van der Waals surface area contributed by atoms with Crippen LogP contribution in [-0.4, -0.2) is 54.2 Å². The second kappa shape index (κ2) is 5.41. The van der Waals surface area contributed by atoms with Crippen molar-refractivity contribution in [2.45, 2.75) is 19.0 Å². The number of fused-ring (bicyclic) bond motifs is 2. The van der Waals surface area contributed by atoms with E-state index in [-0.39, 0.29) is 24.6 Å². The van der Waals surface area contributed by atoms with Crippen LogP contribution in [0.3, 0.4) is 0 Å². The van der Waals surface area contributed by atoms with Crippen molar-refractivity contribution >= 4 is 11.9 Å². The Labute approximate surface area is 111 Å². The maximum Gasteiger partial charge on any atom is 0.345 e. The van der Waals surface area contributed by atoms with Gasteiger partial charge in [0.1, 0.15) is 6.04 Å². The molecule has 1 saturated heterocycles. The average Bonchev–Trinajstić information content (AvgIpc) is 2.60. The number of hydroxylamine groups is 3. The van der Waals surface area contributed by atoms with Gasteiger partial charge in [0.25, 0.3) is 5.91 Å². The highest BCUT2D eigenvalue weighted by Crippen LogP contribution is 2.29. The van der Waals surface area contributed by atoms with Crippen molar-refractivity contribution in [3.63, 3.8) is 0 Å². The lowest BCUT2D eigenvalue weighted by molar-refractivity contribution is -0.134. The highest BCUT2D eigenvalue weighted by molar-refractivity contribution is 5.91. The summed E-state index contributed by atoms with van der Waals surface area (Å²) in [4.78, 5) is 35.5. The van der Waals surface area contributed by atoms with E-state index in [1.165, 1.54) is 17.1 Å². The number of carbonyl (C=O) groups excluding carboxylic acids is 2. The number of nitrogens with zero attached hydrogens (tertiary/aromatic N) is 2. The number of rotatable bonds is 5. The molecule has 7 heteroatoms. The minimum Gasteiger partial charge on any atom is -0.304 e. The Balaban J connectivity index is 2.19. The van der Waals surface area contributed by atoms with Gasteiger partial charge in [-0.3, -0.25) is 14.5 Å². The summed E-state index contributed by atoms with van der Waals surface area (Å²) in [6, 6.07) is -1.14.